The molecule has 0 aliphatic carbocycles. The molecule has 0 aromatic carbocycles. The third kappa shape index (κ3) is 73.0. The fraction of sp³-hybridized carbons (Fsp3) is 0.951. The van der Waals surface area contributed by atoms with Gasteiger partial charge in [-0.3, -0.25) is 37.3 Å². The molecule has 100 heavy (non-hydrogen) atoms. The maximum atomic E-state index is 13.1. The minimum absolute atomic E-state index is 0.107. The van der Waals surface area contributed by atoms with Crippen LogP contribution in [0.3, 0.4) is 0 Å². The first kappa shape index (κ1) is 98.1. The predicted octanol–water partition coefficient (Wildman–Crippen LogP) is 24.3. The van der Waals surface area contributed by atoms with Gasteiger partial charge in [0.1, 0.15) is 19.3 Å². The summed E-state index contributed by atoms with van der Waals surface area (Å²) < 4.78 is 68.8. The van der Waals surface area contributed by atoms with Crippen molar-refractivity contribution in [3.63, 3.8) is 0 Å². The molecule has 0 rings (SSSR count). The summed E-state index contributed by atoms with van der Waals surface area (Å²) in [5.41, 5.74) is 0. The molecule has 3 unspecified atom stereocenters. The normalized spacial score (nSPS) is 14.2. The van der Waals surface area contributed by atoms with Gasteiger partial charge in [0.2, 0.25) is 0 Å². The molecule has 0 spiro atoms. The molecule has 3 N–H and O–H groups in total. The van der Waals surface area contributed by atoms with E-state index in [0.29, 0.717) is 25.7 Å². The Morgan fingerprint density at radius 1 is 0.290 bits per heavy atom. The summed E-state index contributed by atoms with van der Waals surface area (Å²) in [6.07, 6.45) is 62.2. The average molecular weight is 1470 g/mol. The van der Waals surface area contributed by atoms with E-state index in [2.05, 4.69) is 41.5 Å². The number of aliphatic hydroxyl groups is 1. The van der Waals surface area contributed by atoms with E-state index in [-0.39, 0.29) is 25.7 Å². The van der Waals surface area contributed by atoms with Crippen LogP contribution in [0.15, 0.2) is 0 Å². The highest BCUT2D eigenvalue weighted by Crippen LogP contribution is 2.45. The van der Waals surface area contributed by atoms with Crippen molar-refractivity contribution < 1.29 is 80.2 Å². The highest BCUT2D eigenvalue weighted by atomic mass is 31.2. The molecule has 6 atom stereocenters. The number of phosphoric ester groups is 2. The number of aliphatic hydroxyl groups excluding tert-OH is 1. The largest absolute Gasteiger partial charge is 0.472 e. The van der Waals surface area contributed by atoms with Gasteiger partial charge in [0, 0.05) is 25.7 Å². The van der Waals surface area contributed by atoms with Gasteiger partial charge in [-0.2, -0.15) is 0 Å². The van der Waals surface area contributed by atoms with Crippen LogP contribution in [0, 0.1) is 11.8 Å². The SMILES string of the molecule is CCCCCCCCCCCCCCCCCCCCC(=O)O[C@H](COC(=O)CCCCCCCCCCCCCCCC(C)C)COP(=O)(O)OC[C@@H](O)COP(=O)(O)OC[C@@H](COC(=O)CCCCCCCCCCCCCC)OC(=O)CCCCCCCCCCCCC(C)CC. The van der Waals surface area contributed by atoms with Crippen molar-refractivity contribution in [2.75, 3.05) is 39.6 Å². The maximum Gasteiger partial charge on any atom is 0.472 e. The fourth-order valence-electron chi connectivity index (χ4n) is 12.5. The van der Waals surface area contributed by atoms with E-state index in [1.54, 1.807) is 0 Å². The minimum Gasteiger partial charge on any atom is -0.462 e. The summed E-state index contributed by atoms with van der Waals surface area (Å²) in [5.74, 6) is -0.512. The lowest BCUT2D eigenvalue weighted by Gasteiger charge is -2.21. The fourth-order valence-corrected chi connectivity index (χ4v) is 14.1. The smallest absolute Gasteiger partial charge is 0.462 e. The van der Waals surface area contributed by atoms with E-state index in [4.69, 9.17) is 37.0 Å². The lowest BCUT2D eigenvalue weighted by atomic mass is 9.99. The number of hydrogen-bond acceptors (Lipinski definition) is 15. The maximum absolute atomic E-state index is 13.1. The van der Waals surface area contributed by atoms with Gasteiger partial charge < -0.3 is 33.8 Å². The molecule has 0 fully saturated rings. The third-order valence-electron chi connectivity index (χ3n) is 19.3. The van der Waals surface area contributed by atoms with Gasteiger partial charge in [0.25, 0.3) is 0 Å². The molecule has 0 saturated carbocycles. The molecule has 0 aromatic rings. The first-order valence-corrected chi connectivity index (χ1v) is 45.0. The number of hydrogen-bond donors (Lipinski definition) is 3. The second-order valence-corrected chi connectivity index (χ2v) is 32.8. The van der Waals surface area contributed by atoms with Crippen LogP contribution in [0.5, 0.6) is 0 Å². The Balaban J connectivity index is 5.26. The summed E-state index contributed by atoms with van der Waals surface area (Å²) in [4.78, 5) is 73.1. The Kier molecular flexibility index (Phi) is 71.2. The van der Waals surface area contributed by atoms with Crippen LogP contribution in [-0.2, 0) is 65.4 Å². The first-order valence-electron chi connectivity index (χ1n) is 42.0. The second-order valence-electron chi connectivity index (χ2n) is 29.9. The van der Waals surface area contributed by atoms with Crippen LogP contribution in [0.4, 0.5) is 0 Å². The Labute approximate surface area is 613 Å². The van der Waals surface area contributed by atoms with Crippen LogP contribution in [0.1, 0.15) is 427 Å². The highest BCUT2D eigenvalue weighted by molar-refractivity contribution is 7.47. The zero-order valence-electron chi connectivity index (χ0n) is 65.5. The van der Waals surface area contributed by atoms with Gasteiger partial charge in [-0.25, -0.2) is 9.13 Å². The molecule has 0 aliphatic rings. The topological polar surface area (TPSA) is 237 Å². The van der Waals surface area contributed by atoms with Crippen LogP contribution in [0.2, 0.25) is 0 Å². The molecule has 0 amide bonds. The van der Waals surface area contributed by atoms with E-state index in [1.165, 1.54) is 244 Å². The van der Waals surface area contributed by atoms with Crippen LogP contribution >= 0.6 is 15.6 Å². The number of esters is 4. The van der Waals surface area contributed by atoms with Crippen molar-refractivity contribution in [3.05, 3.63) is 0 Å². The van der Waals surface area contributed by atoms with Crippen LogP contribution in [0.25, 0.3) is 0 Å². The molecule has 0 aromatic heterocycles. The number of unbranched alkanes of at least 4 members (excludes halogenated alkanes) is 49. The molecule has 0 heterocycles. The van der Waals surface area contributed by atoms with Crippen molar-refractivity contribution in [2.24, 2.45) is 11.8 Å². The highest BCUT2D eigenvalue weighted by Gasteiger charge is 2.30. The Morgan fingerprint density at radius 2 is 0.510 bits per heavy atom. The number of carbonyl (C=O) groups excluding carboxylic acids is 4. The van der Waals surface area contributed by atoms with Crippen molar-refractivity contribution in [1.29, 1.82) is 0 Å². The Hall–Kier alpha value is -1.94. The van der Waals surface area contributed by atoms with Crippen LogP contribution < -0.4 is 0 Å². The Morgan fingerprint density at radius 3 is 0.760 bits per heavy atom. The summed E-state index contributed by atoms with van der Waals surface area (Å²) in [6.45, 7) is 9.68. The Bertz CT molecular complexity index is 1930. The van der Waals surface area contributed by atoms with Crippen molar-refractivity contribution in [2.45, 2.75) is 445 Å². The quantitative estimate of drug-likeness (QED) is 0.0222. The lowest BCUT2D eigenvalue weighted by Crippen LogP contribution is -2.30. The minimum atomic E-state index is -4.96. The zero-order valence-corrected chi connectivity index (χ0v) is 67.3. The molecule has 0 radical (unpaired) electrons. The number of rotatable bonds is 80. The van der Waals surface area contributed by atoms with Crippen molar-refractivity contribution in [3.8, 4) is 0 Å². The van der Waals surface area contributed by atoms with Gasteiger partial charge in [-0.05, 0) is 37.5 Å². The molecule has 0 saturated heterocycles. The van der Waals surface area contributed by atoms with Gasteiger partial charge in [-0.15, -0.1) is 0 Å². The molecule has 17 nitrogen and oxygen atoms in total. The summed E-state index contributed by atoms with van der Waals surface area (Å²) >= 11 is 0. The molecule has 0 aliphatic heterocycles. The lowest BCUT2D eigenvalue weighted by molar-refractivity contribution is -0.161. The zero-order chi connectivity index (χ0) is 73.5. The molecular weight excluding hydrogens is 1310 g/mol. The van der Waals surface area contributed by atoms with Crippen LogP contribution in [-0.4, -0.2) is 96.7 Å². The van der Waals surface area contributed by atoms with Gasteiger partial charge in [0.05, 0.1) is 26.4 Å². The predicted molar refractivity (Wildman–Crippen MR) is 409 cm³/mol. The molecule has 594 valence electrons. The molecule has 0 bridgehead atoms. The monoisotopic (exact) mass is 1470 g/mol. The van der Waals surface area contributed by atoms with Gasteiger partial charge in [-0.1, -0.05) is 375 Å². The third-order valence-corrected chi connectivity index (χ3v) is 21.2. The first-order chi connectivity index (χ1) is 48.4. The van der Waals surface area contributed by atoms with Crippen molar-refractivity contribution >= 4 is 39.5 Å². The van der Waals surface area contributed by atoms with Gasteiger partial charge in [0.15, 0.2) is 12.2 Å². The van der Waals surface area contributed by atoms with E-state index >= 15 is 0 Å². The standard InChI is InChI=1S/C81H158O17P2/c1-7-10-12-14-16-18-20-22-23-24-25-26-29-34-41-47-53-59-65-80(85)97-76(69-92-79(84)64-58-52-46-40-33-30-27-28-31-37-43-49-55-61-73(4)5)71-95-99(87,88)93-67-75(82)68-94-100(89,90)96-72-77(70-91-78(83)63-57-51-45-39-32-21-19-17-15-13-11-8-2)98-81(86)66-60-54-48-42-36-35-38-44-50-56-62-74(6)9-3/h73-77,82H,7-72H2,1-6H3,(H,87,88)(H,89,90)/t74?,75-,76-,77-/m1/s1. The van der Waals surface area contributed by atoms with Crippen molar-refractivity contribution in [1.82, 2.24) is 0 Å². The van der Waals surface area contributed by atoms with E-state index in [1.807, 2.05) is 0 Å². The number of phosphoric acid groups is 2. The van der Waals surface area contributed by atoms with E-state index in [9.17, 15) is 43.2 Å². The average Bonchev–Trinajstić information content (AvgIpc) is 0.926. The summed E-state index contributed by atoms with van der Waals surface area (Å²) in [6, 6.07) is 0. The molecule has 19 heteroatoms. The number of ether oxygens (including phenoxy) is 4. The van der Waals surface area contributed by atoms with Gasteiger partial charge >= 0.3 is 39.5 Å². The number of carbonyl (C=O) groups is 4. The summed E-state index contributed by atoms with van der Waals surface area (Å²) in [5, 5.41) is 10.6. The molecular formula is C81H158O17P2. The van der Waals surface area contributed by atoms with E-state index in [0.717, 1.165) is 102 Å². The summed E-state index contributed by atoms with van der Waals surface area (Å²) in [7, 11) is -9.92. The van der Waals surface area contributed by atoms with E-state index < -0.39 is 97.5 Å². The second kappa shape index (κ2) is 72.6.